The first-order valence-electron chi connectivity index (χ1n) is 11.0. The fourth-order valence-corrected chi connectivity index (χ4v) is 5.02. The Morgan fingerprint density at radius 3 is 2.65 bits per heavy atom. The number of hydrogen-bond acceptors (Lipinski definition) is 6. The van der Waals surface area contributed by atoms with Gasteiger partial charge in [0.1, 0.15) is 12.4 Å². The lowest BCUT2D eigenvalue weighted by Crippen LogP contribution is -2.42. The van der Waals surface area contributed by atoms with Crippen LogP contribution in [0.25, 0.3) is 5.69 Å². The second-order valence-electron chi connectivity index (χ2n) is 8.82. The van der Waals surface area contributed by atoms with Crippen LogP contribution in [0.2, 0.25) is 0 Å². The summed E-state index contributed by atoms with van der Waals surface area (Å²) in [6, 6.07) is 8.61. The highest BCUT2D eigenvalue weighted by molar-refractivity contribution is 5.87. The minimum atomic E-state index is -0.193. The van der Waals surface area contributed by atoms with E-state index >= 15 is 0 Å². The summed E-state index contributed by atoms with van der Waals surface area (Å²) in [5, 5.41) is 15.4. The van der Waals surface area contributed by atoms with Crippen LogP contribution < -0.4 is 5.32 Å². The minimum absolute atomic E-state index is 0.193. The lowest BCUT2D eigenvalue weighted by Gasteiger charge is -2.36. The van der Waals surface area contributed by atoms with Crippen LogP contribution in [0.3, 0.4) is 0 Å². The Morgan fingerprint density at radius 2 is 2.00 bits per heavy atom. The van der Waals surface area contributed by atoms with Gasteiger partial charge in [0.15, 0.2) is 6.33 Å². The number of carbonyl (C=O) groups excluding carboxylic acids is 1. The number of ether oxygens (including phenoxy) is 1. The van der Waals surface area contributed by atoms with Crippen molar-refractivity contribution in [3.05, 3.63) is 59.8 Å². The third kappa shape index (κ3) is 3.65. The Bertz CT molecular complexity index is 1000. The van der Waals surface area contributed by atoms with E-state index in [0.29, 0.717) is 18.4 Å². The van der Waals surface area contributed by atoms with Crippen LogP contribution in [-0.2, 0) is 16.1 Å². The van der Waals surface area contributed by atoms with Gasteiger partial charge in [-0.1, -0.05) is 18.7 Å². The second-order valence-corrected chi connectivity index (χ2v) is 8.82. The molecular weight excluding hydrogens is 392 g/mol. The maximum atomic E-state index is 13.3. The van der Waals surface area contributed by atoms with Crippen molar-refractivity contribution in [3.63, 3.8) is 0 Å². The van der Waals surface area contributed by atoms with E-state index < -0.39 is 0 Å². The van der Waals surface area contributed by atoms with Crippen molar-refractivity contribution in [2.75, 3.05) is 13.2 Å². The largest absolute Gasteiger partial charge is 0.488 e. The predicted molar refractivity (Wildman–Crippen MR) is 115 cm³/mol. The van der Waals surface area contributed by atoms with Crippen molar-refractivity contribution in [1.29, 1.82) is 0 Å². The summed E-state index contributed by atoms with van der Waals surface area (Å²) in [7, 11) is 0. The number of allylic oxidation sites excluding steroid dienone is 1. The number of likely N-dealkylation sites (tertiary alicyclic amines) is 1. The first-order chi connectivity index (χ1) is 15.1. The van der Waals surface area contributed by atoms with Crippen molar-refractivity contribution in [1.82, 2.24) is 30.4 Å². The highest BCUT2D eigenvalue weighted by atomic mass is 16.5. The van der Waals surface area contributed by atoms with Gasteiger partial charge in [0, 0.05) is 24.7 Å². The zero-order chi connectivity index (χ0) is 21.4. The molecule has 162 valence electrons. The Kier molecular flexibility index (Phi) is 5.09. The van der Waals surface area contributed by atoms with E-state index in [-0.39, 0.29) is 11.3 Å². The van der Waals surface area contributed by atoms with Gasteiger partial charge in [-0.3, -0.25) is 4.79 Å². The molecule has 1 saturated heterocycles. The molecule has 31 heavy (non-hydrogen) atoms. The van der Waals surface area contributed by atoms with Gasteiger partial charge in [0.25, 0.3) is 0 Å². The molecule has 8 heteroatoms. The van der Waals surface area contributed by atoms with Crippen LogP contribution in [0.15, 0.2) is 54.2 Å². The molecule has 1 aromatic carbocycles. The molecule has 0 radical (unpaired) electrons. The molecule has 1 aromatic heterocycles. The smallest absolute Gasteiger partial charge is 0.233 e. The average molecular weight is 421 g/mol. The molecular formula is C23H28N6O2. The summed E-state index contributed by atoms with van der Waals surface area (Å²) in [5.41, 5.74) is 3.95. The molecule has 1 spiro atoms. The van der Waals surface area contributed by atoms with E-state index in [1.165, 1.54) is 16.7 Å². The molecule has 0 bridgehead atoms. The van der Waals surface area contributed by atoms with Gasteiger partial charge in [-0.15, -0.1) is 15.0 Å². The van der Waals surface area contributed by atoms with Gasteiger partial charge in [-0.2, -0.15) is 0 Å². The van der Waals surface area contributed by atoms with E-state index in [4.69, 9.17) is 4.74 Å². The van der Waals surface area contributed by atoms with Crippen LogP contribution in [0.5, 0.6) is 0 Å². The minimum Gasteiger partial charge on any atom is -0.488 e. The normalized spacial score (nSPS) is 26.2. The van der Waals surface area contributed by atoms with Crippen LogP contribution in [0, 0.1) is 5.41 Å². The molecule has 1 aliphatic carbocycles. The summed E-state index contributed by atoms with van der Waals surface area (Å²) in [4.78, 5) is 16.8. The summed E-state index contributed by atoms with van der Waals surface area (Å²) < 4.78 is 5.55. The topological polar surface area (TPSA) is 85.2 Å². The fraction of sp³-hybridized carbons (Fsp3) is 0.478. The van der Waals surface area contributed by atoms with E-state index in [9.17, 15) is 4.79 Å². The molecule has 5 rings (SSSR count). The molecule has 1 amide bonds. The Hall–Kier alpha value is -3.00. The van der Waals surface area contributed by atoms with E-state index in [0.717, 1.165) is 62.2 Å². The first-order valence-corrected chi connectivity index (χ1v) is 11.0. The van der Waals surface area contributed by atoms with Gasteiger partial charge >= 0.3 is 0 Å². The lowest BCUT2D eigenvalue weighted by atomic mass is 9.71. The lowest BCUT2D eigenvalue weighted by molar-refractivity contribution is -0.136. The number of aromatic nitrogens is 4. The monoisotopic (exact) mass is 420 g/mol. The molecule has 2 fully saturated rings. The number of nitrogens with one attached hydrogen (secondary N) is 1. The molecule has 1 N–H and O–H groups in total. The van der Waals surface area contributed by atoms with Crippen LogP contribution >= 0.6 is 0 Å². The molecule has 2 aromatic rings. The van der Waals surface area contributed by atoms with Crippen molar-refractivity contribution in [3.8, 4) is 5.69 Å². The van der Waals surface area contributed by atoms with Crippen molar-refractivity contribution in [2.24, 2.45) is 5.41 Å². The van der Waals surface area contributed by atoms with Gasteiger partial charge in [-0.05, 0) is 61.9 Å². The zero-order valence-electron chi connectivity index (χ0n) is 17.9. The molecule has 3 aliphatic rings. The highest BCUT2D eigenvalue weighted by Crippen LogP contribution is 2.46. The number of carbonyl (C=O) groups is 1. The summed E-state index contributed by atoms with van der Waals surface area (Å²) in [5.74, 6) is 0.984. The highest BCUT2D eigenvalue weighted by Gasteiger charge is 2.49. The third-order valence-electron chi connectivity index (χ3n) is 7.13. The predicted octanol–water partition coefficient (Wildman–Crippen LogP) is 2.73. The van der Waals surface area contributed by atoms with Gasteiger partial charge < -0.3 is 15.0 Å². The van der Waals surface area contributed by atoms with Crippen molar-refractivity contribution in [2.45, 2.75) is 51.6 Å². The molecule has 0 atom stereocenters. The van der Waals surface area contributed by atoms with E-state index in [1.54, 1.807) is 0 Å². The maximum absolute atomic E-state index is 13.3. The van der Waals surface area contributed by atoms with E-state index in [1.807, 2.05) is 24.0 Å². The number of rotatable bonds is 5. The van der Waals surface area contributed by atoms with Crippen LogP contribution in [-0.4, -0.2) is 50.2 Å². The number of tetrazole rings is 1. The summed E-state index contributed by atoms with van der Waals surface area (Å²) in [6.45, 7) is 8.01. The number of nitrogens with zero attached hydrogens (tertiary/aromatic N) is 5. The Morgan fingerprint density at radius 1 is 1.23 bits per heavy atom. The van der Waals surface area contributed by atoms with E-state index in [2.05, 4.69) is 39.4 Å². The van der Waals surface area contributed by atoms with Crippen molar-refractivity contribution < 1.29 is 9.53 Å². The summed E-state index contributed by atoms with van der Waals surface area (Å²) in [6.07, 6.45) is 6.33. The molecule has 1 saturated carbocycles. The maximum Gasteiger partial charge on any atom is 0.233 e. The SMILES string of the molecule is C=C1OCC(N2CCC3(CCC(NCc4ccc(-n5ncnn5)cc4)CC3)C2=O)=C1C. The van der Waals surface area contributed by atoms with Gasteiger partial charge in [0.05, 0.1) is 16.8 Å². The quantitative estimate of drug-likeness (QED) is 0.801. The average Bonchev–Trinajstić information content (AvgIpc) is 3.51. The standard InChI is InChI=1S/C23H28N6O2/c1-16-17(2)31-14-21(16)28-12-11-23(22(28)30)9-7-19(8-10-23)24-13-18-3-5-20(6-4-18)29-26-15-25-27-29/h3-6,15,19,24H,2,7-14H2,1H3. The molecule has 8 nitrogen and oxygen atoms in total. The van der Waals surface area contributed by atoms with Gasteiger partial charge in [0.2, 0.25) is 5.91 Å². The van der Waals surface area contributed by atoms with Crippen molar-refractivity contribution >= 4 is 5.91 Å². The van der Waals surface area contributed by atoms with Gasteiger partial charge in [-0.25, -0.2) is 0 Å². The Balaban J connectivity index is 1.15. The molecule has 0 unspecified atom stereocenters. The number of amides is 1. The Labute approximate surface area is 181 Å². The third-order valence-corrected chi connectivity index (χ3v) is 7.13. The van der Waals surface area contributed by atoms with Crippen LogP contribution in [0.4, 0.5) is 0 Å². The van der Waals surface area contributed by atoms with Crippen LogP contribution in [0.1, 0.15) is 44.6 Å². The number of benzene rings is 1. The second kappa shape index (κ2) is 7.92. The molecule has 2 aliphatic heterocycles. The first kappa shape index (κ1) is 19.9. The summed E-state index contributed by atoms with van der Waals surface area (Å²) >= 11 is 0. The number of hydrogen-bond donors (Lipinski definition) is 1. The molecule has 3 heterocycles. The fourth-order valence-electron chi connectivity index (χ4n) is 5.02. The zero-order valence-corrected chi connectivity index (χ0v) is 17.9.